The van der Waals surface area contributed by atoms with Gasteiger partial charge >= 0.3 is 0 Å². The summed E-state index contributed by atoms with van der Waals surface area (Å²) in [7, 11) is 0. The molecule has 0 aromatic heterocycles. The van der Waals surface area contributed by atoms with E-state index in [1.54, 1.807) is 12.1 Å². The Hall–Kier alpha value is -0.930. The van der Waals surface area contributed by atoms with Gasteiger partial charge in [0.2, 0.25) is 0 Å². The van der Waals surface area contributed by atoms with Crippen molar-refractivity contribution in [2.45, 2.75) is 44.8 Å². The molecule has 0 radical (unpaired) electrons. The summed E-state index contributed by atoms with van der Waals surface area (Å²) in [5, 5.41) is 0. The molecule has 0 atom stereocenters. The van der Waals surface area contributed by atoms with E-state index >= 15 is 0 Å². The summed E-state index contributed by atoms with van der Waals surface area (Å²) in [5.74, 6) is 0.778. The van der Waals surface area contributed by atoms with Crippen LogP contribution in [0.3, 0.4) is 0 Å². The highest BCUT2D eigenvalue weighted by Crippen LogP contribution is 2.35. The zero-order valence-electron chi connectivity index (χ0n) is 10.7. The van der Waals surface area contributed by atoms with Crippen molar-refractivity contribution in [2.75, 3.05) is 6.54 Å². The molecule has 0 spiro atoms. The van der Waals surface area contributed by atoms with E-state index in [2.05, 4.69) is 4.90 Å². The molecule has 1 aromatic carbocycles. The zero-order chi connectivity index (χ0) is 12.5. The van der Waals surface area contributed by atoms with Crippen molar-refractivity contribution in [1.29, 1.82) is 0 Å². The van der Waals surface area contributed by atoms with Crippen molar-refractivity contribution in [3.63, 3.8) is 0 Å². The summed E-state index contributed by atoms with van der Waals surface area (Å²) in [6.07, 6.45) is 5.28. The Morgan fingerprint density at radius 2 is 2.00 bits per heavy atom. The van der Waals surface area contributed by atoms with Crippen LogP contribution in [0.25, 0.3) is 0 Å². The molecule has 1 aromatic rings. The van der Waals surface area contributed by atoms with Crippen molar-refractivity contribution < 1.29 is 4.39 Å². The number of benzene rings is 1. The maximum atomic E-state index is 13.8. The van der Waals surface area contributed by atoms with Crippen LogP contribution in [0.5, 0.6) is 0 Å². The van der Waals surface area contributed by atoms with E-state index in [1.807, 2.05) is 6.07 Å². The lowest BCUT2D eigenvalue weighted by Gasteiger charge is -2.22. The Bertz CT molecular complexity index is 425. The van der Waals surface area contributed by atoms with Gasteiger partial charge in [0.05, 0.1) is 0 Å². The van der Waals surface area contributed by atoms with Crippen LogP contribution in [-0.4, -0.2) is 17.5 Å². The molecule has 2 aliphatic rings. The Balaban J connectivity index is 1.71. The van der Waals surface area contributed by atoms with Crippen LogP contribution in [-0.2, 0) is 13.1 Å². The van der Waals surface area contributed by atoms with Gasteiger partial charge in [0.1, 0.15) is 5.82 Å². The SMILES string of the molecule is NCc1ccc(F)c(CN(CC2CC2)C2CC2)c1. The van der Waals surface area contributed by atoms with Gasteiger partial charge in [-0.05, 0) is 43.2 Å². The minimum atomic E-state index is -0.0892. The van der Waals surface area contributed by atoms with Crippen LogP contribution in [0.4, 0.5) is 4.39 Å². The average Bonchev–Trinajstić information content (AvgIpc) is 3.24. The summed E-state index contributed by atoms with van der Waals surface area (Å²) in [6.45, 7) is 2.39. The first-order valence-corrected chi connectivity index (χ1v) is 6.97. The summed E-state index contributed by atoms with van der Waals surface area (Å²) in [5.41, 5.74) is 7.46. The standard InChI is InChI=1S/C15H21FN2/c16-15-6-3-12(8-17)7-13(15)10-18(14-4-5-14)9-11-1-2-11/h3,6-7,11,14H,1-2,4-5,8-10,17H2. The molecule has 2 aliphatic carbocycles. The highest BCUT2D eigenvalue weighted by molar-refractivity contribution is 5.25. The minimum absolute atomic E-state index is 0.0892. The van der Waals surface area contributed by atoms with Gasteiger partial charge in [0, 0.05) is 31.2 Å². The van der Waals surface area contributed by atoms with Crippen LogP contribution in [0.2, 0.25) is 0 Å². The van der Waals surface area contributed by atoms with Crippen LogP contribution in [0, 0.1) is 11.7 Å². The Kier molecular flexibility index (Phi) is 3.35. The summed E-state index contributed by atoms with van der Waals surface area (Å²) >= 11 is 0. The average molecular weight is 248 g/mol. The number of rotatable bonds is 6. The number of halogens is 1. The van der Waals surface area contributed by atoms with Crippen molar-refractivity contribution in [3.8, 4) is 0 Å². The van der Waals surface area contributed by atoms with Gasteiger partial charge in [0.15, 0.2) is 0 Å². The fraction of sp³-hybridized carbons (Fsp3) is 0.600. The third kappa shape index (κ3) is 2.90. The first-order valence-electron chi connectivity index (χ1n) is 6.97. The van der Waals surface area contributed by atoms with Crippen molar-refractivity contribution in [1.82, 2.24) is 4.90 Å². The molecule has 2 saturated carbocycles. The third-order valence-corrected chi connectivity index (χ3v) is 3.97. The molecule has 0 aliphatic heterocycles. The Morgan fingerprint density at radius 3 is 2.61 bits per heavy atom. The summed E-state index contributed by atoms with van der Waals surface area (Å²) < 4.78 is 13.8. The predicted octanol–water partition coefficient (Wildman–Crippen LogP) is 2.66. The quantitative estimate of drug-likeness (QED) is 0.838. The lowest BCUT2D eigenvalue weighted by molar-refractivity contribution is 0.240. The molecule has 2 N–H and O–H groups in total. The van der Waals surface area contributed by atoms with E-state index in [0.717, 1.165) is 30.1 Å². The second-order valence-corrected chi connectivity index (χ2v) is 5.73. The molecule has 0 bridgehead atoms. The lowest BCUT2D eigenvalue weighted by atomic mass is 10.1. The van der Waals surface area contributed by atoms with Crippen LogP contribution >= 0.6 is 0 Å². The van der Waals surface area contributed by atoms with Gasteiger partial charge in [-0.25, -0.2) is 4.39 Å². The van der Waals surface area contributed by atoms with Crippen LogP contribution in [0.1, 0.15) is 36.8 Å². The van der Waals surface area contributed by atoms with Crippen molar-refractivity contribution in [2.24, 2.45) is 11.7 Å². The van der Waals surface area contributed by atoms with Gasteiger partial charge in [-0.2, -0.15) is 0 Å². The van der Waals surface area contributed by atoms with Gasteiger partial charge in [-0.1, -0.05) is 12.1 Å². The van der Waals surface area contributed by atoms with E-state index < -0.39 is 0 Å². The molecular formula is C15H21FN2. The molecule has 2 nitrogen and oxygen atoms in total. The molecule has 3 rings (SSSR count). The zero-order valence-corrected chi connectivity index (χ0v) is 10.7. The molecule has 0 unspecified atom stereocenters. The Labute approximate surface area is 108 Å². The molecule has 2 fully saturated rings. The first kappa shape index (κ1) is 12.1. The summed E-state index contributed by atoms with van der Waals surface area (Å²) in [4.78, 5) is 2.47. The third-order valence-electron chi connectivity index (χ3n) is 3.97. The van der Waals surface area contributed by atoms with Crippen molar-refractivity contribution >= 4 is 0 Å². The van der Waals surface area contributed by atoms with E-state index in [0.29, 0.717) is 12.6 Å². The van der Waals surface area contributed by atoms with Gasteiger partial charge in [0.25, 0.3) is 0 Å². The van der Waals surface area contributed by atoms with E-state index in [4.69, 9.17) is 5.73 Å². The molecule has 0 heterocycles. The molecule has 3 heteroatoms. The maximum absolute atomic E-state index is 13.8. The topological polar surface area (TPSA) is 29.3 Å². The van der Waals surface area contributed by atoms with Crippen LogP contribution < -0.4 is 5.73 Å². The maximum Gasteiger partial charge on any atom is 0.127 e. The molecule has 18 heavy (non-hydrogen) atoms. The van der Waals surface area contributed by atoms with E-state index in [1.165, 1.54) is 25.7 Å². The largest absolute Gasteiger partial charge is 0.326 e. The van der Waals surface area contributed by atoms with Gasteiger partial charge in [-0.15, -0.1) is 0 Å². The highest BCUT2D eigenvalue weighted by atomic mass is 19.1. The monoisotopic (exact) mass is 248 g/mol. The normalized spacial score (nSPS) is 19.5. The predicted molar refractivity (Wildman–Crippen MR) is 70.4 cm³/mol. The van der Waals surface area contributed by atoms with Crippen molar-refractivity contribution in [3.05, 3.63) is 35.1 Å². The summed E-state index contributed by atoms with van der Waals surface area (Å²) in [6, 6.07) is 5.96. The Morgan fingerprint density at radius 1 is 1.22 bits per heavy atom. The molecule has 0 amide bonds. The van der Waals surface area contributed by atoms with Gasteiger partial charge < -0.3 is 5.73 Å². The number of hydrogen-bond acceptors (Lipinski definition) is 2. The van der Waals surface area contributed by atoms with Gasteiger partial charge in [-0.3, -0.25) is 4.90 Å². The molecular weight excluding hydrogens is 227 g/mol. The second-order valence-electron chi connectivity index (χ2n) is 5.73. The highest BCUT2D eigenvalue weighted by Gasteiger charge is 2.33. The smallest absolute Gasteiger partial charge is 0.127 e. The van der Waals surface area contributed by atoms with Crippen LogP contribution in [0.15, 0.2) is 18.2 Å². The number of nitrogens with zero attached hydrogens (tertiary/aromatic N) is 1. The minimum Gasteiger partial charge on any atom is -0.326 e. The first-order chi connectivity index (χ1) is 8.76. The molecule has 98 valence electrons. The van der Waals surface area contributed by atoms with E-state index in [-0.39, 0.29) is 5.82 Å². The van der Waals surface area contributed by atoms with E-state index in [9.17, 15) is 4.39 Å². The number of nitrogens with two attached hydrogens (primary N) is 1. The molecule has 0 saturated heterocycles. The lowest BCUT2D eigenvalue weighted by Crippen LogP contribution is -2.28. The second kappa shape index (κ2) is 4.98. The fourth-order valence-electron chi connectivity index (χ4n) is 2.51. The fourth-order valence-corrected chi connectivity index (χ4v) is 2.51. The number of hydrogen-bond donors (Lipinski definition) is 1.